The fourth-order valence-electron chi connectivity index (χ4n) is 2.06. The molecule has 0 saturated carbocycles. The molecule has 0 bridgehead atoms. The first kappa shape index (κ1) is 15.9. The van der Waals surface area contributed by atoms with Gasteiger partial charge in [-0.25, -0.2) is 0 Å². The van der Waals surface area contributed by atoms with Crippen molar-refractivity contribution in [1.82, 2.24) is 4.90 Å². The molecule has 0 N–H and O–H groups in total. The molecule has 1 aromatic rings. The summed E-state index contributed by atoms with van der Waals surface area (Å²) in [5.41, 5.74) is 1.20. The molecule has 1 nitrogen and oxygen atoms in total. The number of benzene rings is 1. The Bertz CT molecular complexity index is 367. The molecule has 2 atom stereocenters. The maximum Gasteiger partial charge on any atom is 0.0453 e. The van der Waals surface area contributed by atoms with Gasteiger partial charge in [-0.05, 0) is 43.2 Å². The molecule has 0 spiro atoms. The van der Waals surface area contributed by atoms with E-state index in [2.05, 4.69) is 51.4 Å². The maximum absolute atomic E-state index is 6.25. The third-order valence-corrected chi connectivity index (χ3v) is 4.53. The van der Waals surface area contributed by atoms with Gasteiger partial charge >= 0.3 is 0 Å². The lowest BCUT2D eigenvalue weighted by molar-refractivity contribution is 0.204. The number of rotatable bonds is 6. The molecule has 102 valence electrons. The molecule has 0 aromatic heterocycles. The van der Waals surface area contributed by atoms with Gasteiger partial charge in [0.25, 0.3) is 0 Å². The van der Waals surface area contributed by atoms with Crippen molar-refractivity contribution in [3.05, 3.63) is 34.9 Å². The second-order valence-corrected chi connectivity index (χ2v) is 6.10. The molecule has 3 heteroatoms. The van der Waals surface area contributed by atoms with Crippen LogP contribution in [-0.4, -0.2) is 24.2 Å². The quantitative estimate of drug-likeness (QED) is 0.751. The summed E-state index contributed by atoms with van der Waals surface area (Å²) in [5, 5.41) is 0.851. The second-order valence-electron chi connectivity index (χ2n) is 5.32. The minimum atomic E-state index is 0.333. The largest absolute Gasteiger partial charge is 0.299 e. The van der Waals surface area contributed by atoms with Crippen LogP contribution in [0.4, 0.5) is 0 Å². The average Bonchev–Trinajstić information content (AvgIpc) is 2.35. The molecule has 0 radical (unpaired) electrons. The van der Waals surface area contributed by atoms with Crippen molar-refractivity contribution < 1.29 is 0 Å². The normalized spacial score (nSPS) is 15.1. The molecular formula is C15H24ClNS. The standard InChI is InChI=1S/C15H24ClNS/c1-11(2)13(10-18)9-17(4)12(3)14-7-5-6-8-15(14)16/h5-8,11-13,18H,9-10H2,1-4H3. The fraction of sp³-hybridized carbons (Fsp3) is 0.600. The average molecular weight is 286 g/mol. The SMILES string of the molecule is CC(C)C(CS)CN(C)C(C)c1ccccc1Cl. The lowest BCUT2D eigenvalue weighted by atomic mass is 9.96. The van der Waals surface area contributed by atoms with Crippen LogP contribution >= 0.6 is 24.2 Å². The molecule has 0 amide bonds. The van der Waals surface area contributed by atoms with Crippen LogP contribution in [0.2, 0.25) is 5.02 Å². The number of nitrogens with zero attached hydrogens (tertiary/aromatic N) is 1. The molecular weight excluding hydrogens is 262 g/mol. The number of hydrogen-bond donors (Lipinski definition) is 1. The number of thiol groups is 1. The second kappa shape index (κ2) is 7.42. The van der Waals surface area contributed by atoms with E-state index in [1.165, 1.54) is 5.56 Å². The Morgan fingerprint density at radius 3 is 2.33 bits per heavy atom. The summed E-state index contributed by atoms with van der Waals surface area (Å²) in [6.45, 7) is 7.77. The molecule has 0 aliphatic heterocycles. The summed E-state index contributed by atoms with van der Waals surface area (Å²) in [5.74, 6) is 2.20. The van der Waals surface area contributed by atoms with E-state index >= 15 is 0 Å². The highest BCUT2D eigenvalue weighted by molar-refractivity contribution is 7.80. The Balaban J connectivity index is 2.72. The van der Waals surface area contributed by atoms with Gasteiger partial charge in [0.1, 0.15) is 0 Å². The van der Waals surface area contributed by atoms with Gasteiger partial charge in [0.05, 0.1) is 0 Å². The highest BCUT2D eigenvalue weighted by atomic mass is 35.5. The lowest BCUT2D eigenvalue weighted by Crippen LogP contribution is -2.31. The monoisotopic (exact) mass is 285 g/mol. The van der Waals surface area contributed by atoms with E-state index in [-0.39, 0.29) is 0 Å². The van der Waals surface area contributed by atoms with Crippen LogP contribution in [0.1, 0.15) is 32.4 Å². The Morgan fingerprint density at radius 1 is 1.22 bits per heavy atom. The first-order valence-electron chi connectivity index (χ1n) is 6.52. The van der Waals surface area contributed by atoms with Crippen molar-refractivity contribution >= 4 is 24.2 Å². The van der Waals surface area contributed by atoms with E-state index in [9.17, 15) is 0 Å². The molecule has 0 aliphatic rings. The smallest absolute Gasteiger partial charge is 0.0453 e. The highest BCUT2D eigenvalue weighted by Crippen LogP contribution is 2.27. The van der Waals surface area contributed by atoms with Gasteiger partial charge in [-0.15, -0.1) is 0 Å². The molecule has 1 aromatic carbocycles. The Labute approximate surface area is 122 Å². The van der Waals surface area contributed by atoms with Crippen LogP contribution in [0.25, 0.3) is 0 Å². The van der Waals surface area contributed by atoms with E-state index in [0.29, 0.717) is 17.9 Å². The third-order valence-electron chi connectivity index (χ3n) is 3.72. The molecule has 18 heavy (non-hydrogen) atoms. The van der Waals surface area contributed by atoms with Crippen LogP contribution in [0.5, 0.6) is 0 Å². The molecule has 0 saturated heterocycles. The zero-order valence-electron chi connectivity index (χ0n) is 11.7. The van der Waals surface area contributed by atoms with Crippen LogP contribution in [0, 0.1) is 11.8 Å². The van der Waals surface area contributed by atoms with Gasteiger partial charge in [0, 0.05) is 17.6 Å². The first-order chi connectivity index (χ1) is 8.47. The van der Waals surface area contributed by atoms with E-state index in [1.807, 2.05) is 18.2 Å². The highest BCUT2D eigenvalue weighted by Gasteiger charge is 2.19. The van der Waals surface area contributed by atoms with Gasteiger partial charge in [0.15, 0.2) is 0 Å². The van der Waals surface area contributed by atoms with Crippen LogP contribution in [0.15, 0.2) is 24.3 Å². The fourth-order valence-corrected chi connectivity index (χ4v) is 2.89. The van der Waals surface area contributed by atoms with Crippen molar-refractivity contribution in [1.29, 1.82) is 0 Å². The van der Waals surface area contributed by atoms with Crippen LogP contribution in [-0.2, 0) is 0 Å². The predicted octanol–water partition coefficient (Wildman–Crippen LogP) is 4.53. The Kier molecular flexibility index (Phi) is 6.54. The van der Waals surface area contributed by atoms with Gasteiger partial charge < -0.3 is 0 Å². The topological polar surface area (TPSA) is 3.24 Å². The van der Waals surface area contributed by atoms with Crippen LogP contribution < -0.4 is 0 Å². The third kappa shape index (κ3) is 4.18. The molecule has 0 fully saturated rings. The van der Waals surface area contributed by atoms with Crippen molar-refractivity contribution in [2.24, 2.45) is 11.8 Å². The molecule has 0 aliphatic carbocycles. The summed E-state index contributed by atoms with van der Waals surface area (Å²) < 4.78 is 0. The van der Waals surface area contributed by atoms with Crippen molar-refractivity contribution in [3.8, 4) is 0 Å². The lowest BCUT2D eigenvalue weighted by Gasteiger charge is -2.31. The zero-order chi connectivity index (χ0) is 13.7. The Hall–Kier alpha value is -0.180. The van der Waals surface area contributed by atoms with Crippen molar-refractivity contribution in [2.45, 2.75) is 26.8 Å². The zero-order valence-corrected chi connectivity index (χ0v) is 13.4. The van der Waals surface area contributed by atoms with Crippen molar-refractivity contribution in [3.63, 3.8) is 0 Å². The number of halogens is 1. The van der Waals surface area contributed by atoms with E-state index in [0.717, 1.165) is 17.3 Å². The van der Waals surface area contributed by atoms with Crippen LogP contribution in [0.3, 0.4) is 0 Å². The van der Waals surface area contributed by atoms with Gasteiger partial charge in [-0.2, -0.15) is 12.6 Å². The van der Waals surface area contributed by atoms with E-state index < -0.39 is 0 Å². The summed E-state index contributed by atoms with van der Waals surface area (Å²) in [4.78, 5) is 2.36. The van der Waals surface area contributed by atoms with E-state index in [4.69, 9.17) is 11.6 Å². The van der Waals surface area contributed by atoms with Gasteiger partial charge in [-0.1, -0.05) is 43.6 Å². The molecule has 1 rings (SSSR count). The molecule has 2 unspecified atom stereocenters. The Morgan fingerprint density at radius 2 is 1.83 bits per heavy atom. The summed E-state index contributed by atoms with van der Waals surface area (Å²) >= 11 is 10.7. The van der Waals surface area contributed by atoms with Crippen molar-refractivity contribution in [2.75, 3.05) is 19.3 Å². The van der Waals surface area contributed by atoms with Gasteiger partial charge in [-0.3, -0.25) is 4.90 Å². The number of hydrogen-bond acceptors (Lipinski definition) is 2. The van der Waals surface area contributed by atoms with E-state index in [1.54, 1.807) is 0 Å². The predicted molar refractivity (Wildman–Crippen MR) is 84.7 cm³/mol. The summed E-state index contributed by atoms with van der Waals surface area (Å²) in [7, 11) is 2.16. The summed E-state index contributed by atoms with van der Waals surface area (Å²) in [6, 6.07) is 8.42. The minimum Gasteiger partial charge on any atom is -0.299 e. The maximum atomic E-state index is 6.25. The first-order valence-corrected chi connectivity index (χ1v) is 7.54. The summed E-state index contributed by atoms with van der Waals surface area (Å²) in [6.07, 6.45) is 0. The molecule has 0 heterocycles. The minimum absolute atomic E-state index is 0.333. The van der Waals surface area contributed by atoms with Gasteiger partial charge in [0.2, 0.25) is 0 Å².